The zero-order valence-corrected chi connectivity index (χ0v) is 18.5. The van der Waals surface area contributed by atoms with Crippen molar-refractivity contribution in [3.63, 3.8) is 0 Å². The number of carbonyl (C=O) groups excluding carboxylic acids is 1. The highest BCUT2D eigenvalue weighted by atomic mass is 79.9. The van der Waals surface area contributed by atoms with E-state index < -0.39 is 5.97 Å². The van der Waals surface area contributed by atoms with Gasteiger partial charge in [-0.1, -0.05) is 69.5 Å². The van der Waals surface area contributed by atoms with Crippen LogP contribution >= 0.6 is 39.1 Å². The van der Waals surface area contributed by atoms with Crippen LogP contribution in [0.3, 0.4) is 0 Å². The highest BCUT2D eigenvalue weighted by Gasteiger charge is 2.26. The van der Waals surface area contributed by atoms with Crippen molar-refractivity contribution in [2.75, 3.05) is 0 Å². The summed E-state index contributed by atoms with van der Waals surface area (Å²) in [6, 6.07) is 20.2. The molecule has 150 valence electrons. The average Bonchev–Trinajstić information content (AvgIpc) is 3.07. The van der Waals surface area contributed by atoms with Crippen molar-refractivity contribution in [1.82, 2.24) is 0 Å². The van der Waals surface area contributed by atoms with Crippen molar-refractivity contribution in [3.05, 3.63) is 104 Å². The van der Waals surface area contributed by atoms with Crippen LogP contribution in [0, 0.1) is 0 Å². The summed E-state index contributed by atoms with van der Waals surface area (Å²) in [5.41, 5.74) is 2.39. The first-order valence-corrected chi connectivity index (χ1v) is 10.5. The van der Waals surface area contributed by atoms with Gasteiger partial charge in [0.1, 0.15) is 12.4 Å². The van der Waals surface area contributed by atoms with Gasteiger partial charge in [0.2, 0.25) is 5.90 Å². The van der Waals surface area contributed by atoms with E-state index in [9.17, 15) is 4.79 Å². The summed E-state index contributed by atoms with van der Waals surface area (Å²) in [6.07, 6.45) is 1.63. The fraction of sp³-hybridized carbons (Fsp3) is 0.0435. The molecule has 4 nitrogen and oxygen atoms in total. The Bertz CT molecular complexity index is 1190. The van der Waals surface area contributed by atoms with Gasteiger partial charge in [-0.25, -0.2) is 9.79 Å². The minimum absolute atomic E-state index is 0.139. The van der Waals surface area contributed by atoms with Crippen molar-refractivity contribution in [1.29, 1.82) is 0 Å². The minimum Gasteiger partial charge on any atom is -0.488 e. The molecule has 1 aliphatic rings. The summed E-state index contributed by atoms with van der Waals surface area (Å²) >= 11 is 15.6. The Labute approximate surface area is 191 Å². The fourth-order valence-corrected chi connectivity index (χ4v) is 3.79. The number of ether oxygens (including phenoxy) is 2. The second kappa shape index (κ2) is 9.04. The highest BCUT2D eigenvalue weighted by Crippen LogP contribution is 2.28. The van der Waals surface area contributed by atoms with Crippen LogP contribution in [0.15, 0.2) is 81.9 Å². The molecular weight excluding hydrogens is 489 g/mol. The molecule has 0 fully saturated rings. The highest BCUT2D eigenvalue weighted by molar-refractivity contribution is 9.10. The predicted molar refractivity (Wildman–Crippen MR) is 122 cm³/mol. The van der Waals surface area contributed by atoms with Crippen molar-refractivity contribution in [2.45, 2.75) is 6.61 Å². The Morgan fingerprint density at radius 1 is 1.03 bits per heavy atom. The summed E-state index contributed by atoms with van der Waals surface area (Å²) in [6.45, 7) is 0.388. The molecule has 0 saturated carbocycles. The zero-order valence-electron chi connectivity index (χ0n) is 15.4. The summed E-state index contributed by atoms with van der Waals surface area (Å²) < 4.78 is 12.3. The number of benzene rings is 3. The molecule has 0 saturated heterocycles. The zero-order chi connectivity index (χ0) is 21.1. The molecule has 0 amide bonds. The van der Waals surface area contributed by atoms with Gasteiger partial charge in [-0.15, -0.1) is 0 Å². The van der Waals surface area contributed by atoms with Crippen molar-refractivity contribution in [3.8, 4) is 5.75 Å². The van der Waals surface area contributed by atoms with Gasteiger partial charge in [0.15, 0.2) is 5.70 Å². The second-order valence-electron chi connectivity index (χ2n) is 6.42. The Kier molecular flexibility index (Phi) is 6.23. The molecule has 30 heavy (non-hydrogen) atoms. The number of halogens is 3. The summed E-state index contributed by atoms with van der Waals surface area (Å²) in [7, 11) is 0. The van der Waals surface area contributed by atoms with Crippen LogP contribution < -0.4 is 4.74 Å². The fourth-order valence-electron chi connectivity index (χ4n) is 2.85. The van der Waals surface area contributed by atoms with Crippen LogP contribution in [0.25, 0.3) is 6.08 Å². The van der Waals surface area contributed by atoms with Crippen LogP contribution in [0.2, 0.25) is 10.0 Å². The molecule has 4 rings (SSSR count). The molecule has 0 atom stereocenters. The van der Waals surface area contributed by atoms with Gasteiger partial charge in [-0.3, -0.25) is 0 Å². The molecule has 7 heteroatoms. The molecular formula is C23H14BrCl2NO3. The number of carbonyl (C=O) groups is 1. The standard InChI is InChI=1S/C23H14BrCl2NO3/c24-16-6-3-4-14(10-16)13-29-21-7-2-1-5-15(21)11-20-23(28)30-22(27-20)18-9-8-17(25)12-19(18)26/h1-12H,13H2/b20-11-. The Hall–Kier alpha value is -2.60. The lowest BCUT2D eigenvalue weighted by molar-refractivity contribution is -0.129. The first-order chi connectivity index (χ1) is 14.5. The molecule has 3 aromatic rings. The van der Waals surface area contributed by atoms with Crippen LogP contribution in [0.5, 0.6) is 5.75 Å². The van der Waals surface area contributed by atoms with Crippen LogP contribution in [0.1, 0.15) is 16.7 Å². The number of hydrogen-bond donors (Lipinski definition) is 0. The molecule has 0 spiro atoms. The monoisotopic (exact) mass is 501 g/mol. The van der Waals surface area contributed by atoms with Crippen molar-refractivity contribution >= 4 is 57.1 Å². The quantitative estimate of drug-likeness (QED) is 0.289. The van der Waals surface area contributed by atoms with Gasteiger partial charge in [0, 0.05) is 15.1 Å². The van der Waals surface area contributed by atoms with Gasteiger partial charge in [0.05, 0.1) is 10.6 Å². The molecule has 0 bridgehead atoms. The lowest BCUT2D eigenvalue weighted by atomic mass is 10.1. The van der Waals surface area contributed by atoms with E-state index in [1.165, 1.54) is 0 Å². The summed E-state index contributed by atoms with van der Waals surface area (Å²) in [5, 5.41) is 0.842. The number of hydrogen-bond acceptors (Lipinski definition) is 4. The smallest absolute Gasteiger partial charge is 0.363 e. The maximum Gasteiger partial charge on any atom is 0.363 e. The number of esters is 1. The Balaban J connectivity index is 1.60. The van der Waals surface area contributed by atoms with E-state index in [1.807, 2.05) is 48.5 Å². The maximum absolute atomic E-state index is 12.3. The lowest BCUT2D eigenvalue weighted by Gasteiger charge is -2.09. The van der Waals surface area contributed by atoms with E-state index in [0.29, 0.717) is 33.5 Å². The number of cyclic esters (lactones) is 1. The van der Waals surface area contributed by atoms with Crippen LogP contribution in [-0.4, -0.2) is 11.9 Å². The normalized spacial score (nSPS) is 14.6. The predicted octanol–water partition coefficient (Wildman–Crippen LogP) is 6.68. The van der Waals surface area contributed by atoms with E-state index >= 15 is 0 Å². The third-order valence-corrected chi connectivity index (χ3v) is 5.32. The molecule has 0 radical (unpaired) electrons. The van der Waals surface area contributed by atoms with Crippen LogP contribution in [-0.2, 0) is 16.1 Å². The largest absolute Gasteiger partial charge is 0.488 e. The van der Waals surface area contributed by atoms with E-state index in [-0.39, 0.29) is 11.6 Å². The summed E-state index contributed by atoms with van der Waals surface area (Å²) in [5.74, 6) is 0.212. The van der Waals surface area contributed by atoms with Crippen molar-refractivity contribution in [2.24, 2.45) is 4.99 Å². The number of nitrogens with zero attached hydrogens (tertiary/aromatic N) is 1. The number of aliphatic imine (C=N–C) groups is 1. The molecule has 0 aliphatic carbocycles. The van der Waals surface area contributed by atoms with Gasteiger partial charge >= 0.3 is 5.97 Å². The summed E-state index contributed by atoms with van der Waals surface area (Å²) in [4.78, 5) is 16.7. The number of para-hydroxylation sites is 1. The molecule has 0 N–H and O–H groups in total. The molecule has 1 aliphatic heterocycles. The van der Waals surface area contributed by atoms with E-state index in [1.54, 1.807) is 24.3 Å². The lowest BCUT2D eigenvalue weighted by Crippen LogP contribution is -2.06. The van der Waals surface area contributed by atoms with Gasteiger partial charge in [0.25, 0.3) is 0 Å². The molecule has 3 aromatic carbocycles. The number of rotatable bonds is 5. The first-order valence-electron chi connectivity index (χ1n) is 8.94. The van der Waals surface area contributed by atoms with Gasteiger partial charge in [-0.2, -0.15) is 0 Å². The average molecular weight is 503 g/mol. The maximum atomic E-state index is 12.3. The van der Waals surface area contributed by atoms with Crippen molar-refractivity contribution < 1.29 is 14.3 Å². The third kappa shape index (κ3) is 4.75. The minimum atomic E-state index is -0.558. The Morgan fingerprint density at radius 3 is 2.67 bits per heavy atom. The third-order valence-electron chi connectivity index (χ3n) is 4.28. The Morgan fingerprint density at radius 2 is 1.87 bits per heavy atom. The second-order valence-corrected chi connectivity index (χ2v) is 8.18. The molecule has 1 heterocycles. The van der Waals surface area contributed by atoms with Gasteiger partial charge in [-0.05, 0) is 48.0 Å². The van der Waals surface area contributed by atoms with E-state index in [0.717, 1.165) is 10.0 Å². The SMILES string of the molecule is O=C1OC(c2ccc(Cl)cc2Cl)=N/C1=C\c1ccccc1OCc1cccc(Br)c1. The van der Waals surface area contributed by atoms with E-state index in [2.05, 4.69) is 20.9 Å². The van der Waals surface area contributed by atoms with E-state index in [4.69, 9.17) is 32.7 Å². The first kappa shape index (κ1) is 20.7. The molecule has 0 aromatic heterocycles. The topological polar surface area (TPSA) is 47.9 Å². The van der Waals surface area contributed by atoms with Crippen LogP contribution in [0.4, 0.5) is 0 Å². The molecule has 0 unspecified atom stereocenters. The van der Waals surface area contributed by atoms with Gasteiger partial charge < -0.3 is 9.47 Å².